The molecule has 160 valence electrons. The van der Waals surface area contributed by atoms with E-state index in [2.05, 4.69) is 21.0 Å². The van der Waals surface area contributed by atoms with Gasteiger partial charge in [0.2, 0.25) is 5.88 Å². The summed E-state index contributed by atoms with van der Waals surface area (Å²) in [4.78, 5) is 25.6. The Bertz CT molecular complexity index is 1630. The second-order valence-electron chi connectivity index (χ2n) is 7.33. The van der Waals surface area contributed by atoms with Gasteiger partial charge < -0.3 is 9.72 Å². The van der Waals surface area contributed by atoms with E-state index in [1.165, 1.54) is 10.5 Å². The first-order chi connectivity index (χ1) is 16.0. The van der Waals surface area contributed by atoms with E-state index in [0.29, 0.717) is 27.8 Å². The van der Waals surface area contributed by atoms with Crippen LogP contribution in [0.4, 0.5) is 0 Å². The number of allylic oxidation sites excluding steroid dienone is 1. The van der Waals surface area contributed by atoms with Gasteiger partial charge >= 0.3 is 0 Å². The number of aromatic amines is 1. The number of nitrogens with zero attached hydrogens (tertiary/aromatic N) is 4. The lowest BCUT2D eigenvalue weighted by Crippen LogP contribution is -2.19. The zero-order chi connectivity index (χ0) is 22.9. The summed E-state index contributed by atoms with van der Waals surface area (Å²) in [6.07, 6.45) is 3.06. The Hall–Kier alpha value is -4.41. The van der Waals surface area contributed by atoms with Crippen molar-refractivity contribution in [3.05, 3.63) is 99.2 Å². The van der Waals surface area contributed by atoms with Crippen LogP contribution in [-0.2, 0) is 0 Å². The minimum absolute atomic E-state index is 0.0475. The average Bonchev–Trinajstić information content (AvgIpc) is 3.25. The van der Waals surface area contributed by atoms with Gasteiger partial charge in [-0.3, -0.25) is 9.20 Å². The van der Waals surface area contributed by atoms with Crippen LogP contribution in [0.2, 0.25) is 5.02 Å². The van der Waals surface area contributed by atoms with Crippen molar-refractivity contribution in [3.63, 3.8) is 0 Å². The highest BCUT2D eigenvalue weighted by molar-refractivity contribution is 6.32. The molecule has 7 nitrogen and oxygen atoms in total. The van der Waals surface area contributed by atoms with Crippen molar-refractivity contribution in [2.24, 2.45) is 0 Å². The number of fused-ring (bicyclic) bond motifs is 2. The van der Waals surface area contributed by atoms with Gasteiger partial charge in [0, 0.05) is 6.20 Å². The molecule has 0 fully saturated rings. The summed E-state index contributed by atoms with van der Waals surface area (Å²) in [6, 6.07) is 20.1. The number of hydrogen-bond acceptors (Lipinski definition) is 5. The molecule has 2 aromatic carbocycles. The molecular formula is C25H16ClN5O2. The predicted octanol–water partition coefficient (Wildman–Crippen LogP) is 5.39. The molecule has 0 aliphatic carbocycles. The maximum absolute atomic E-state index is 13.5. The van der Waals surface area contributed by atoms with Crippen LogP contribution in [0, 0.1) is 18.3 Å². The zero-order valence-corrected chi connectivity index (χ0v) is 18.2. The maximum atomic E-state index is 13.5. The van der Waals surface area contributed by atoms with E-state index >= 15 is 0 Å². The van der Waals surface area contributed by atoms with Crippen LogP contribution in [0.5, 0.6) is 11.6 Å². The number of nitriles is 1. The minimum Gasteiger partial charge on any atom is -0.437 e. The number of benzene rings is 2. The molecule has 0 amide bonds. The standard InChI is InChI=1S/C25H16ClN5O2/c1-15-7-6-12-31-23(15)30-24(33-21-11-5-2-8-18(21)26)17(25(31)32)13-16(14-27)22-28-19-9-3-4-10-20(19)29-22/h2-13H,1H3,(H,28,29). The normalized spacial score (nSPS) is 11.6. The number of pyridine rings is 1. The summed E-state index contributed by atoms with van der Waals surface area (Å²) >= 11 is 6.27. The van der Waals surface area contributed by atoms with E-state index in [0.717, 1.165) is 11.1 Å². The predicted molar refractivity (Wildman–Crippen MR) is 127 cm³/mol. The van der Waals surface area contributed by atoms with E-state index in [1.54, 1.807) is 36.5 Å². The Morgan fingerprint density at radius 3 is 2.70 bits per heavy atom. The molecule has 0 aliphatic heterocycles. The molecule has 0 saturated carbocycles. The fourth-order valence-electron chi connectivity index (χ4n) is 3.50. The van der Waals surface area contributed by atoms with Gasteiger partial charge in [0.05, 0.1) is 21.6 Å². The SMILES string of the molecule is Cc1cccn2c(=O)c(C=C(C#N)c3nc4ccccc4[nH]3)c(Oc3ccccc3Cl)nc12. The van der Waals surface area contributed by atoms with E-state index in [-0.39, 0.29) is 22.6 Å². The smallest absolute Gasteiger partial charge is 0.269 e. The van der Waals surface area contributed by atoms with Crippen molar-refractivity contribution in [2.75, 3.05) is 0 Å². The molecule has 5 rings (SSSR count). The van der Waals surface area contributed by atoms with Crippen molar-refractivity contribution in [1.29, 1.82) is 5.26 Å². The molecule has 0 atom stereocenters. The van der Waals surface area contributed by atoms with E-state index < -0.39 is 0 Å². The third kappa shape index (κ3) is 3.73. The first-order valence-electron chi connectivity index (χ1n) is 10.1. The molecular weight excluding hydrogens is 438 g/mol. The highest BCUT2D eigenvalue weighted by atomic mass is 35.5. The lowest BCUT2D eigenvalue weighted by molar-refractivity contribution is 0.461. The molecule has 0 radical (unpaired) electrons. The fraction of sp³-hybridized carbons (Fsp3) is 0.0400. The monoisotopic (exact) mass is 453 g/mol. The van der Waals surface area contributed by atoms with Crippen molar-refractivity contribution in [1.82, 2.24) is 19.4 Å². The lowest BCUT2D eigenvalue weighted by Gasteiger charge is -2.12. The summed E-state index contributed by atoms with van der Waals surface area (Å²) in [5.74, 6) is 0.739. The number of para-hydroxylation sites is 3. The molecule has 5 aromatic rings. The largest absolute Gasteiger partial charge is 0.437 e. The van der Waals surface area contributed by atoms with Crippen LogP contribution < -0.4 is 10.3 Å². The summed E-state index contributed by atoms with van der Waals surface area (Å²) in [5, 5.41) is 10.2. The quantitative estimate of drug-likeness (QED) is 0.368. The first-order valence-corrected chi connectivity index (χ1v) is 10.4. The number of aryl methyl sites for hydroxylation is 1. The molecule has 3 heterocycles. The molecule has 0 bridgehead atoms. The second kappa shape index (κ2) is 8.26. The van der Waals surface area contributed by atoms with Gasteiger partial charge in [-0.2, -0.15) is 10.2 Å². The van der Waals surface area contributed by atoms with Gasteiger partial charge in [-0.25, -0.2) is 4.98 Å². The highest BCUT2D eigenvalue weighted by Gasteiger charge is 2.18. The van der Waals surface area contributed by atoms with Crippen LogP contribution in [0.1, 0.15) is 17.0 Å². The number of H-pyrrole nitrogens is 1. The Kier molecular flexibility index (Phi) is 5.13. The van der Waals surface area contributed by atoms with Crippen LogP contribution in [0.15, 0.2) is 71.7 Å². The van der Waals surface area contributed by atoms with Crippen LogP contribution in [0.3, 0.4) is 0 Å². The number of imidazole rings is 1. The number of nitrogens with one attached hydrogen (secondary N) is 1. The van der Waals surface area contributed by atoms with Crippen molar-refractivity contribution >= 4 is 39.9 Å². The van der Waals surface area contributed by atoms with Crippen molar-refractivity contribution in [2.45, 2.75) is 6.92 Å². The van der Waals surface area contributed by atoms with Gasteiger partial charge in [0.15, 0.2) is 0 Å². The number of ether oxygens (including phenoxy) is 1. The minimum atomic E-state index is -0.380. The average molecular weight is 454 g/mol. The Labute approximate surface area is 193 Å². The molecule has 1 N–H and O–H groups in total. The topological polar surface area (TPSA) is 96.1 Å². The van der Waals surface area contributed by atoms with Crippen molar-refractivity contribution < 1.29 is 4.74 Å². The third-order valence-corrected chi connectivity index (χ3v) is 5.46. The van der Waals surface area contributed by atoms with Crippen LogP contribution in [0.25, 0.3) is 28.3 Å². The number of hydrogen-bond donors (Lipinski definition) is 1. The Morgan fingerprint density at radius 1 is 1.12 bits per heavy atom. The molecule has 0 unspecified atom stereocenters. The first kappa shape index (κ1) is 20.5. The number of rotatable bonds is 4. The van der Waals surface area contributed by atoms with Crippen molar-refractivity contribution in [3.8, 4) is 17.7 Å². The van der Waals surface area contributed by atoms with Gasteiger partial charge in [0.1, 0.15) is 28.9 Å². The van der Waals surface area contributed by atoms with Gasteiger partial charge in [-0.05, 0) is 48.9 Å². The number of halogens is 1. The van der Waals surface area contributed by atoms with Gasteiger partial charge in [-0.15, -0.1) is 0 Å². The zero-order valence-electron chi connectivity index (χ0n) is 17.4. The van der Waals surface area contributed by atoms with Gasteiger partial charge in [-0.1, -0.05) is 41.9 Å². The van der Waals surface area contributed by atoms with Gasteiger partial charge in [0.25, 0.3) is 5.56 Å². The molecule has 0 aliphatic rings. The summed E-state index contributed by atoms with van der Waals surface area (Å²) in [5.41, 5.74) is 2.64. The van der Waals surface area contributed by atoms with E-state index in [4.69, 9.17) is 16.3 Å². The fourth-order valence-corrected chi connectivity index (χ4v) is 3.68. The Morgan fingerprint density at radius 2 is 1.91 bits per heavy atom. The molecule has 0 spiro atoms. The highest BCUT2D eigenvalue weighted by Crippen LogP contribution is 2.31. The number of aromatic nitrogens is 4. The Balaban J connectivity index is 1.74. The maximum Gasteiger partial charge on any atom is 0.269 e. The third-order valence-electron chi connectivity index (χ3n) is 5.15. The van der Waals surface area contributed by atoms with E-state index in [9.17, 15) is 10.1 Å². The second-order valence-corrected chi connectivity index (χ2v) is 7.73. The summed E-state index contributed by atoms with van der Waals surface area (Å²) in [6.45, 7) is 1.85. The van der Waals surface area contributed by atoms with Crippen LogP contribution in [-0.4, -0.2) is 19.4 Å². The molecule has 0 saturated heterocycles. The van der Waals surface area contributed by atoms with Crippen LogP contribution >= 0.6 is 11.6 Å². The van der Waals surface area contributed by atoms with E-state index in [1.807, 2.05) is 37.3 Å². The molecule has 8 heteroatoms. The molecule has 3 aromatic heterocycles. The summed E-state index contributed by atoms with van der Waals surface area (Å²) in [7, 11) is 0. The lowest BCUT2D eigenvalue weighted by atomic mass is 10.1. The molecule has 33 heavy (non-hydrogen) atoms. The summed E-state index contributed by atoms with van der Waals surface area (Å²) < 4.78 is 7.41.